The molecule has 162 valence electrons. The quantitative estimate of drug-likeness (QED) is 0.458. The molecule has 8 nitrogen and oxygen atoms in total. The van der Waals surface area contributed by atoms with Crippen LogP contribution in [0.3, 0.4) is 0 Å². The summed E-state index contributed by atoms with van der Waals surface area (Å²) in [6.45, 7) is 0.421. The van der Waals surface area contributed by atoms with Gasteiger partial charge in [0.1, 0.15) is 5.75 Å². The first-order valence-electron chi connectivity index (χ1n) is 9.38. The van der Waals surface area contributed by atoms with E-state index in [1.165, 1.54) is 14.2 Å². The van der Waals surface area contributed by atoms with E-state index in [1.54, 1.807) is 42.0 Å². The van der Waals surface area contributed by atoms with Crippen LogP contribution in [0.2, 0.25) is 0 Å². The van der Waals surface area contributed by atoms with Crippen molar-refractivity contribution in [1.29, 1.82) is 0 Å². The third-order valence-electron chi connectivity index (χ3n) is 4.82. The standard InChI is InChI=1S/C20H26N3O5PS/c1-21-30(25,26)15-16-9-10-20-19(13-16)17(14-22-20)11-12-23(2)29(24,27-3)28-18-7-5-4-6-8-18/h4-10,13-14,21-22H,11-12,15H2,1-3H3. The number of rotatable bonds is 10. The maximum absolute atomic E-state index is 13.1. The number of hydrogen-bond donors (Lipinski definition) is 2. The van der Waals surface area contributed by atoms with Crippen molar-refractivity contribution in [3.8, 4) is 5.75 Å². The minimum Gasteiger partial charge on any atom is -0.413 e. The number of sulfonamides is 1. The molecular formula is C20H26N3O5PS. The summed E-state index contributed by atoms with van der Waals surface area (Å²) in [4.78, 5) is 3.19. The maximum Gasteiger partial charge on any atom is 0.460 e. The van der Waals surface area contributed by atoms with Crippen molar-refractivity contribution in [2.24, 2.45) is 0 Å². The molecule has 2 aromatic carbocycles. The maximum atomic E-state index is 13.1. The Labute approximate surface area is 176 Å². The first-order chi connectivity index (χ1) is 14.3. The highest BCUT2D eigenvalue weighted by Crippen LogP contribution is 2.50. The highest BCUT2D eigenvalue weighted by Gasteiger charge is 2.31. The van der Waals surface area contributed by atoms with Gasteiger partial charge in [-0.05, 0) is 55.9 Å². The summed E-state index contributed by atoms with van der Waals surface area (Å²) in [6.07, 6.45) is 2.45. The largest absolute Gasteiger partial charge is 0.460 e. The van der Waals surface area contributed by atoms with Crippen molar-refractivity contribution in [2.45, 2.75) is 12.2 Å². The van der Waals surface area contributed by atoms with E-state index in [2.05, 4.69) is 9.71 Å². The molecule has 1 atom stereocenters. The predicted octanol–water partition coefficient (Wildman–Crippen LogP) is 3.52. The molecule has 0 saturated carbocycles. The fraction of sp³-hybridized carbons (Fsp3) is 0.300. The van der Waals surface area contributed by atoms with Crippen LogP contribution >= 0.6 is 7.75 Å². The van der Waals surface area contributed by atoms with Gasteiger partial charge in [0.25, 0.3) is 0 Å². The molecule has 0 bridgehead atoms. The fourth-order valence-corrected chi connectivity index (χ4v) is 5.07. The molecule has 0 saturated heterocycles. The Hall–Kier alpha value is -2.16. The van der Waals surface area contributed by atoms with Crippen molar-refractivity contribution in [3.05, 3.63) is 65.9 Å². The van der Waals surface area contributed by atoms with Gasteiger partial charge in [-0.3, -0.25) is 4.52 Å². The molecule has 1 heterocycles. The number of aromatic nitrogens is 1. The van der Waals surface area contributed by atoms with Crippen LogP contribution < -0.4 is 9.25 Å². The number of fused-ring (bicyclic) bond motifs is 1. The molecule has 3 aromatic rings. The molecular weight excluding hydrogens is 425 g/mol. The van der Waals surface area contributed by atoms with Crippen LogP contribution in [0.4, 0.5) is 0 Å². The Bertz CT molecular complexity index is 1150. The van der Waals surface area contributed by atoms with Crippen LogP contribution in [0.5, 0.6) is 5.75 Å². The van der Waals surface area contributed by atoms with Gasteiger partial charge in [0.05, 0.1) is 5.75 Å². The number of H-pyrrole nitrogens is 1. The van der Waals surface area contributed by atoms with Gasteiger partial charge in [0, 0.05) is 30.8 Å². The van der Waals surface area contributed by atoms with Crippen molar-refractivity contribution >= 4 is 28.7 Å². The highest BCUT2D eigenvalue weighted by molar-refractivity contribution is 7.88. The lowest BCUT2D eigenvalue weighted by molar-refractivity contribution is 0.260. The van der Waals surface area contributed by atoms with Gasteiger partial charge in [-0.1, -0.05) is 24.3 Å². The third kappa shape index (κ3) is 5.30. The molecule has 10 heteroatoms. The van der Waals surface area contributed by atoms with Crippen molar-refractivity contribution in [1.82, 2.24) is 14.4 Å². The smallest absolute Gasteiger partial charge is 0.413 e. The van der Waals surface area contributed by atoms with Gasteiger partial charge in [-0.25, -0.2) is 22.4 Å². The van der Waals surface area contributed by atoms with Gasteiger partial charge in [0.15, 0.2) is 0 Å². The van der Waals surface area contributed by atoms with E-state index in [9.17, 15) is 13.0 Å². The summed E-state index contributed by atoms with van der Waals surface area (Å²) >= 11 is 0. The normalized spacial score (nSPS) is 14.1. The van der Waals surface area contributed by atoms with E-state index < -0.39 is 17.8 Å². The predicted molar refractivity (Wildman–Crippen MR) is 118 cm³/mol. The van der Waals surface area contributed by atoms with Crippen LogP contribution in [0.1, 0.15) is 11.1 Å². The number of nitrogens with one attached hydrogen (secondary N) is 2. The molecule has 0 spiro atoms. The van der Waals surface area contributed by atoms with E-state index in [4.69, 9.17) is 9.05 Å². The Morgan fingerprint density at radius 1 is 1.17 bits per heavy atom. The van der Waals surface area contributed by atoms with Crippen molar-refractivity contribution in [2.75, 3.05) is 27.7 Å². The summed E-state index contributed by atoms with van der Waals surface area (Å²) in [5.74, 6) is 0.380. The molecule has 30 heavy (non-hydrogen) atoms. The Balaban J connectivity index is 1.74. The lowest BCUT2D eigenvalue weighted by Gasteiger charge is -2.25. The fourth-order valence-electron chi connectivity index (χ4n) is 3.08. The van der Waals surface area contributed by atoms with Gasteiger partial charge in [0.2, 0.25) is 10.0 Å². The van der Waals surface area contributed by atoms with E-state index in [0.29, 0.717) is 24.3 Å². The van der Waals surface area contributed by atoms with Crippen molar-refractivity contribution < 1.29 is 22.0 Å². The summed E-state index contributed by atoms with van der Waals surface area (Å²) < 4.78 is 51.6. The topological polar surface area (TPSA) is 101 Å². The zero-order chi connectivity index (χ0) is 21.8. The second kappa shape index (κ2) is 9.32. The van der Waals surface area contributed by atoms with E-state index in [0.717, 1.165) is 16.5 Å². The van der Waals surface area contributed by atoms with Gasteiger partial charge < -0.3 is 9.51 Å². The molecule has 0 fully saturated rings. The molecule has 0 amide bonds. The molecule has 2 N–H and O–H groups in total. The number of aromatic amines is 1. The highest BCUT2D eigenvalue weighted by atomic mass is 32.2. The molecule has 0 aliphatic heterocycles. The minimum atomic E-state index is -3.50. The van der Waals surface area contributed by atoms with Crippen molar-refractivity contribution in [3.63, 3.8) is 0 Å². The first kappa shape index (κ1) is 22.5. The zero-order valence-corrected chi connectivity index (χ0v) is 18.9. The van der Waals surface area contributed by atoms with Gasteiger partial charge in [-0.2, -0.15) is 0 Å². The van der Waals surface area contributed by atoms with Crippen LogP contribution in [0.25, 0.3) is 10.9 Å². The average Bonchev–Trinajstić information content (AvgIpc) is 3.14. The third-order valence-corrected chi connectivity index (χ3v) is 8.09. The molecule has 0 radical (unpaired) electrons. The lowest BCUT2D eigenvalue weighted by Crippen LogP contribution is -2.22. The number of nitrogens with zero attached hydrogens (tertiary/aromatic N) is 1. The summed E-state index contributed by atoms with van der Waals surface area (Å²) in [5, 5.41) is 0.934. The summed E-state index contributed by atoms with van der Waals surface area (Å²) in [5.41, 5.74) is 2.60. The second-order valence-corrected chi connectivity index (χ2v) is 10.9. The number of benzene rings is 2. The second-order valence-electron chi connectivity index (χ2n) is 6.84. The van der Waals surface area contributed by atoms with Crippen LogP contribution in [0.15, 0.2) is 54.7 Å². The lowest BCUT2D eigenvalue weighted by atomic mass is 10.1. The Kier molecular flexibility index (Phi) is 7.00. The van der Waals surface area contributed by atoms with E-state index in [1.807, 2.05) is 24.4 Å². The molecule has 0 aliphatic carbocycles. The summed E-state index contributed by atoms with van der Waals surface area (Å²) in [6, 6.07) is 14.4. The number of likely N-dealkylation sites (N-methyl/N-ethyl adjacent to an activating group) is 1. The Morgan fingerprint density at radius 2 is 1.90 bits per heavy atom. The molecule has 1 unspecified atom stereocenters. The number of para-hydroxylation sites is 1. The monoisotopic (exact) mass is 451 g/mol. The molecule has 1 aromatic heterocycles. The SMILES string of the molecule is CNS(=O)(=O)Cc1ccc2[nH]cc(CCN(C)P(=O)(OC)Oc3ccccc3)c2c1. The first-order valence-corrected chi connectivity index (χ1v) is 12.5. The molecule has 0 aliphatic rings. The number of hydrogen-bond acceptors (Lipinski definition) is 5. The Morgan fingerprint density at radius 3 is 2.57 bits per heavy atom. The van der Waals surface area contributed by atoms with Crippen LogP contribution in [0, 0.1) is 0 Å². The zero-order valence-electron chi connectivity index (χ0n) is 17.2. The molecule has 3 rings (SSSR count). The van der Waals surface area contributed by atoms with Crippen LogP contribution in [-0.2, 0) is 31.3 Å². The van der Waals surface area contributed by atoms with Gasteiger partial charge in [-0.15, -0.1) is 0 Å². The van der Waals surface area contributed by atoms with Crippen LogP contribution in [-0.4, -0.2) is 45.8 Å². The summed E-state index contributed by atoms with van der Waals surface area (Å²) in [7, 11) is -2.40. The van der Waals surface area contributed by atoms with Gasteiger partial charge >= 0.3 is 7.75 Å². The van der Waals surface area contributed by atoms with E-state index in [-0.39, 0.29) is 5.75 Å². The van der Waals surface area contributed by atoms with E-state index >= 15 is 0 Å². The average molecular weight is 451 g/mol. The minimum absolute atomic E-state index is 0.0895.